The van der Waals surface area contributed by atoms with Crippen LogP contribution in [0.3, 0.4) is 0 Å². The molecule has 0 bridgehead atoms. The van der Waals surface area contributed by atoms with Crippen molar-refractivity contribution >= 4 is 21.4 Å². The summed E-state index contributed by atoms with van der Waals surface area (Å²) < 4.78 is 24.2. The number of carbonyl (C=O) groups is 1. The number of amides is 1. The number of rotatable bonds is 4. The summed E-state index contributed by atoms with van der Waals surface area (Å²) in [6.07, 6.45) is 1.87. The van der Waals surface area contributed by atoms with Gasteiger partial charge in [-0.1, -0.05) is 6.07 Å². The van der Waals surface area contributed by atoms with E-state index in [-0.39, 0.29) is 10.9 Å². The van der Waals surface area contributed by atoms with Crippen LogP contribution in [0.15, 0.2) is 23.1 Å². The molecular weight excluding hydrogens is 252 g/mol. The third-order valence-electron chi connectivity index (χ3n) is 2.92. The first-order chi connectivity index (χ1) is 8.40. The second-order valence-corrected chi connectivity index (χ2v) is 6.53. The smallest absolute Gasteiger partial charge is 0.235 e. The molecule has 1 amide bonds. The Morgan fingerprint density at radius 1 is 1.44 bits per heavy atom. The first-order valence-corrected chi connectivity index (χ1v) is 7.42. The highest BCUT2D eigenvalue weighted by Crippen LogP contribution is 2.22. The molecule has 0 aromatic heterocycles. The third kappa shape index (κ3) is 2.81. The second kappa shape index (κ2) is 4.61. The molecule has 0 aliphatic heterocycles. The average Bonchev–Trinajstić information content (AvgIpc) is 3.04. The molecule has 1 saturated carbocycles. The van der Waals surface area contributed by atoms with Crippen molar-refractivity contribution in [2.45, 2.75) is 30.7 Å². The van der Waals surface area contributed by atoms with Gasteiger partial charge in [0.1, 0.15) is 5.75 Å². The lowest BCUT2D eigenvalue weighted by molar-refractivity contribution is -0.118. The maximum Gasteiger partial charge on any atom is 0.235 e. The quantitative estimate of drug-likeness (QED) is 0.784. The van der Waals surface area contributed by atoms with E-state index < -0.39 is 21.5 Å². The van der Waals surface area contributed by atoms with Gasteiger partial charge < -0.3 is 11.1 Å². The zero-order valence-electron chi connectivity index (χ0n) is 10.1. The first kappa shape index (κ1) is 12.9. The van der Waals surface area contributed by atoms with Gasteiger partial charge in [0.05, 0.1) is 4.90 Å². The van der Waals surface area contributed by atoms with Crippen LogP contribution >= 0.6 is 0 Å². The molecule has 1 aromatic carbocycles. The molecule has 1 aliphatic carbocycles. The minimum absolute atomic E-state index is 0.133. The Bertz CT molecular complexity index is 577. The van der Waals surface area contributed by atoms with Gasteiger partial charge in [-0.3, -0.25) is 4.79 Å². The molecule has 0 unspecified atom stereocenters. The maximum atomic E-state index is 12.1. The highest BCUT2D eigenvalue weighted by Gasteiger charge is 2.27. The molecule has 0 heterocycles. The standard InChI is InChI=1S/C12H16N2O3S/c1-8-10(13)3-2-4-11(8)18(16,17)7-12(15)14-9-5-6-9/h2-4,9H,5-7,13H2,1H3,(H,14,15). The predicted octanol–water partition coefficient (Wildman–Crippen LogP) is 0.630. The van der Waals surface area contributed by atoms with Crippen molar-refractivity contribution in [2.75, 3.05) is 11.5 Å². The molecule has 1 aromatic rings. The van der Waals surface area contributed by atoms with Gasteiger partial charge in [-0.25, -0.2) is 8.42 Å². The highest BCUT2D eigenvalue weighted by molar-refractivity contribution is 7.92. The van der Waals surface area contributed by atoms with Crippen LogP contribution in [0.2, 0.25) is 0 Å². The van der Waals surface area contributed by atoms with Crippen LogP contribution in [0.1, 0.15) is 18.4 Å². The lowest BCUT2D eigenvalue weighted by Gasteiger charge is -2.09. The van der Waals surface area contributed by atoms with Gasteiger partial charge in [-0.05, 0) is 37.5 Å². The maximum absolute atomic E-state index is 12.1. The third-order valence-corrected chi connectivity index (χ3v) is 4.68. The SMILES string of the molecule is Cc1c(N)cccc1S(=O)(=O)CC(=O)NC1CC1. The van der Waals surface area contributed by atoms with Crippen molar-refractivity contribution < 1.29 is 13.2 Å². The first-order valence-electron chi connectivity index (χ1n) is 5.77. The number of nitrogens with two attached hydrogens (primary N) is 1. The fourth-order valence-electron chi connectivity index (χ4n) is 1.72. The highest BCUT2D eigenvalue weighted by atomic mass is 32.2. The van der Waals surface area contributed by atoms with Crippen LogP contribution < -0.4 is 11.1 Å². The van der Waals surface area contributed by atoms with E-state index in [2.05, 4.69) is 5.32 Å². The molecule has 2 rings (SSSR count). The van der Waals surface area contributed by atoms with E-state index in [1.807, 2.05) is 0 Å². The van der Waals surface area contributed by atoms with Gasteiger partial charge in [0.2, 0.25) is 5.91 Å². The van der Waals surface area contributed by atoms with E-state index in [1.54, 1.807) is 19.1 Å². The van der Waals surface area contributed by atoms with Crippen LogP contribution in [-0.4, -0.2) is 26.1 Å². The second-order valence-electron chi connectivity index (χ2n) is 4.57. The Labute approximate surface area is 106 Å². The van der Waals surface area contributed by atoms with E-state index in [9.17, 15) is 13.2 Å². The van der Waals surface area contributed by atoms with E-state index in [0.29, 0.717) is 11.3 Å². The number of hydrogen-bond donors (Lipinski definition) is 2. The fraction of sp³-hybridized carbons (Fsp3) is 0.417. The lowest BCUT2D eigenvalue weighted by atomic mass is 10.2. The van der Waals surface area contributed by atoms with Crippen LogP contribution in [-0.2, 0) is 14.6 Å². The summed E-state index contributed by atoms with van der Waals surface area (Å²) in [6, 6.07) is 4.85. The summed E-state index contributed by atoms with van der Waals surface area (Å²) >= 11 is 0. The van der Waals surface area contributed by atoms with Crippen molar-refractivity contribution in [1.29, 1.82) is 0 Å². The van der Waals surface area contributed by atoms with Crippen molar-refractivity contribution in [3.8, 4) is 0 Å². The Hall–Kier alpha value is -1.56. The summed E-state index contributed by atoms with van der Waals surface area (Å²) in [4.78, 5) is 11.7. The fourth-order valence-corrected chi connectivity index (χ4v) is 3.17. The van der Waals surface area contributed by atoms with Gasteiger partial charge in [-0.15, -0.1) is 0 Å². The number of carbonyl (C=O) groups excluding carboxylic acids is 1. The monoisotopic (exact) mass is 268 g/mol. The van der Waals surface area contributed by atoms with Crippen molar-refractivity contribution in [3.63, 3.8) is 0 Å². The molecule has 1 aliphatic rings. The molecule has 0 spiro atoms. The minimum Gasteiger partial charge on any atom is -0.398 e. The number of anilines is 1. The molecular formula is C12H16N2O3S. The van der Waals surface area contributed by atoms with Crippen LogP contribution in [0.25, 0.3) is 0 Å². The summed E-state index contributed by atoms with van der Waals surface area (Å²) in [7, 11) is -3.62. The molecule has 0 saturated heterocycles. The molecule has 6 heteroatoms. The normalized spacial score (nSPS) is 15.4. The van der Waals surface area contributed by atoms with Gasteiger partial charge in [0.25, 0.3) is 0 Å². The number of benzene rings is 1. The minimum atomic E-state index is -3.62. The van der Waals surface area contributed by atoms with Gasteiger partial charge in [0.15, 0.2) is 9.84 Å². The van der Waals surface area contributed by atoms with E-state index in [0.717, 1.165) is 12.8 Å². The summed E-state index contributed by atoms with van der Waals surface area (Å²) in [5, 5.41) is 2.66. The summed E-state index contributed by atoms with van der Waals surface area (Å²) in [6.45, 7) is 1.64. The summed E-state index contributed by atoms with van der Waals surface area (Å²) in [5.41, 5.74) is 6.59. The van der Waals surface area contributed by atoms with Gasteiger partial charge in [-0.2, -0.15) is 0 Å². The number of sulfone groups is 1. The summed E-state index contributed by atoms with van der Waals surface area (Å²) in [5.74, 6) is -0.965. The van der Waals surface area contributed by atoms with E-state index in [4.69, 9.17) is 5.73 Å². The number of hydrogen-bond acceptors (Lipinski definition) is 4. The molecule has 1 fully saturated rings. The van der Waals surface area contributed by atoms with Crippen LogP contribution in [0.4, 0.5) is 5.69 Å². The van der Waals surface area contributed by atoms with E-state index >= 15 is 0 Å². The molecule has 98 valence electrons. The molecule has 0 atom stereocenters. The topological polar surface area (TPSA) is 89.3 Å². The van der Waals surface area contributed by atoms with Crippen molar-refractivity contribution in [1.82, 2.24) is 5.32 Å². The van der Waals surface area contributed by atoms with Gasteiger partial charge in [0, 0.05) is 11.7 Å². The van der Waals surface area contributed by atoms with Crippen molar-refractivity contribution in [2.24, 2.45) is 0 Å². The Morgan fingerprint density at radius 3 is 2.72 bits per heavy atom. The zero-order chi connectivity index (χ0) is 13.3. The molecule has 5 nitrogen and oxygen atoms in total. The van der Waals surface area contributed by atoms with Crippen LogP contribution in [0.5, 0.6) is 0 Å². The van der Waals surface area contributed by atoms with Gasteiger partial charge >= 0.3 is 0 Å². The van der Waals surface area contributed by atoms with Crippen molar-refractivity contribution in [3.05, 3.63) is 23.8 Å². The molecule has 0 radical (unpaired) electrons. The zero-order valence-corrected chi connectivity index (χ0v) is 11.0. The average molecular weight is 268 g/mol. The predicted molar refractivity (Wildman–Crippen MR) is 68.8 cm³/mol. The number of nitrogen functional groups attached to an aromatic ring is 1. The number of nitrogens with one attached hydrogen (secondary N) is 1. The Morgan fingerprint density at radius 2 is 2.11 bits per heavy atom. The molecule has 3 N–H and O–H groups in total. The largest absolute Gasteiger partial charge is 0.398 e. The Balaban J connectivity index is 2.19. The lowest BCUT2D eigenvalue weighted by Crippen LogP contribution is -2.32. The van der Waals surface area contributed by atoms with Crippen LogP contribution in [0, 0.1) is 6.92 Å². The van der Waals surface area contributed by atoms with E-state index in [1.165, 1.54) is 6.07 Å². The Kier molecular flexibility index (Phi) is 3.30. The molecule has 18 heavy (non-hydrogen) atoms.